The second kappa shape index (κ2) is 8.44. The fourth-order valence-corrected chi connectivity index (χ4v) is 2.03. The zero-order chi connectivity index (χ0) is 14.1. The number of methoxy groups -OCH3 is 2. The summed E-state index contributed by atoms with van der Waals surface area (Å²) < 4.78 is 10.6. The van der Waals surface area contributed by atoms with Gasteiger partial charge in [0, 0.05) is 12.5 Å². The summed E-state index contributed by atoms with van der Waals surface area (Å²) in [6.07, 6.45) is 8.09. The fraction of sp³-hybridized carbons (Fsp3) is 0.500. The van der Waals surface area contributed by atoms with E-state index < -0.39 is 0 Å². The Labute approximate surface area is 116 Å². The van der Waals surface area contributed by atoms with Gasteiger partial charge in [-0.15, -0.1) is 12.3 Å². The molecule has 0 spiro atoms. The van der Waals surface area contributed by atoms with Crippen molar-refractivity contribution in [1.29, 1.82) is 0 Å². The second-order valence-corrected chi connectivity index (χ2v) is 4.34. The SMILES string of the molecule is C#CCCCNC(CC)c1ccc(OC)c(OC)c1. The van der Waals surface area contributed by atoms with Crippen LogP contribution in [-0.4, -0.2) is 20.8 Å². The molecule has 0 aliphatic rings. The molecule has 0 aromatic heterocycles. The third-order valence-electron chi connectivity index (χ3n) is 3.11. The van der Waals surface area contributed by atoms with Crippen molar-refractivity contribution >= 4 is 0 Å². The van der Waals surface area contributed by atoms with E-state index >= 15 is 0 Å². The van der Waals surface area contributed by atoms with E-state index in [4.69, 9.17) is 15.9 Å². The van der Waals surface area contributed by atoms with Crippen LogP contribution < -0.4 is 14.8 Å². The van der Waals surface area contributed by atoms with Gasteiger partial charge in [0.05, 0.1) is 14.2 Å². The summed E-state index contributed by atoms with van der Waals surface area (Å²) >= 11 is 0. The Kier molecular flexibility index (Phi) is 6.84. The first kappa shape index (κ1) is 15.4. The summed E-state index contributed by atoms with van der Waals surface area (Å²) in [4.78, 5) is 0. The lowest BCUT2D eigenvalue weighted by Crippen LogP contribution is -2.21. The van der Waals surface area contributed by atoms with Crippen molar-refractivity contribution in [3.8, 4) is 23.8 Å². The Bertz CT molecular complexity index is 423. The second-order valence-electron chi connectivity index (χ2n) is 4.34. The third kappa shape index (κ3) is 4.50. The topological polar surface area (TPSA) is 30.5 Å². The monoisotopic (exact) mass is 261 g/mol. The lowest BCUT2D eigenvalue weighted by Gasteiger charge is -2.19. The van der Waals surface area contributed by atoms with Crippen molar-refractivity contribution in [2.24, 2.45) is 0 Å². The van der Waals surface area contributed by atoms with Crippen molar-refractivity contribution in [2.45, 2.75) is 32.2 Å². The van der Waals surface area contributed by atoms with Crippen LogP contribution in [0.4, 0.5) is 0 Å². The number of benzene rings is 1. The van der Waals surface area contributed by atoms with Crippen LogP contribution in [0.1, 0.15) is 37.8 Å². The summed E-state index contributed by atoms with van der Waals surface area (Å²) in [6.45, 7) is 3.09. The van der Waals surface area contributed by atoms with Crippen LogP contribution in [0.5, 0.6) is 11.5 Å². The van der Waals surface area contributed by atoms with Gasteiger partial charge in [-0.1, -0.05) is 13.0 Å². The van der Waals surface area contributed by atoms with Crippen LogP contribution in [0.25, 0.3) is 0 Å². The van der Waals surface area contributed by atoms with Crippen LogP contribution >= 0.6 is 0 Å². The van der Waals surface area contributed by atoms with Gasteiger partial charge < -0.3 is 14.8 Å². The van der Waals surface area contributed by atoms with Gasteiger partial charge in [0.1, 0.15) is 0 Å². The van der Waals surface area contributed by atoms with E-state index in [1.165, 1.54) is 5.56 Å². The minimum absolute atomic E-state index is 0.317. The smallest absolute Gasteiger partial charge is 0.161 e. The predicted octanol–water partition coefficient (Wildman–Crippen LogP) is 3.16. The molecule has 0 heterocycles. The summed E-state index contributed by atoms with van der Waals surface area (Å²) in [6, 6.07) is 6.36. The van der Waals surface area contributed by atoms with Gasteiger partial charge in [-0.05, 0) is 37.1 Å². The van der Waals surface area contributed by atoms with Crippen molar-refractivity contribution in [1.82, 2.24) is 5.32 Å². The van der Waals surface area contributed by atoms with Crippen molar-refractivity contribution in [2.75, 3.05) is 20.8 Å². The predicted molar refractivity (Wildman–Crippen MR) is 78.6 cm³/mol. The van der Waals surface area contributed by atoms with Gasteiger partial charge in [0.2, 0.25) is 0 Å². The Hall–Kier alpha value is -1.66. The summed E-state index contributed by atoms with van der Waals surface area (Å²) in [7, 11) is 3.30. The number of terminal acetylenes is 1. The molecule has 1 atom stereocenters. The molecule has 19 heavy (non-hydrogen) atoms. The van der Waals surface area contributed by atoms with Crippen LogP contribution in [-0.2, 0) is 0 Å². The first-order valence-corrected chi connectivity index (χ1v) is 6.65. The Morgan fingerprint density at radius 1 is 1.26 bits per heavy atom. The molecular weight excluding hydrogens is 238 g/mol. The van der Waals surface area contributed by atoms with E-state index in [1.807, 2.05) is 12.1 Å². The zero-order valence-corrected chi connectivity index (χ0v) is 12.0. The molecule has 1 rings (SSSR count). The van der Waals surface area contributed by atoms with Gasteiger partial charge in [0.25, 0.3) is 0 Å². The minimum Gasteiger partial charge on any atom is -0.493 e. The van der Waals surface area contributed by atoms with E-state index in [-0.39, 0.29) is 0 Å². The molecule has 0 saturated heterocycles. The average molecular weight is 261 g/mol. The van der Waals surface area contributed by atoms with E-state index in [2.05, 4.69) is 24.2 Å². The minimum atomic E-state index is 0.317. The molecule has 0 radical (unpaired) electrons. The van der Waals surface area contributed by atoms with Gasteiger partial charge in [0.15, 0.2) is 11.5 Å². The Balaban J connectivity index is 2.72. The maximum atomic E-state index is 5.34. The summed E-state index contributed by atoms with van der Waals surface area (Å²) in [5.41, 5.74) is 1.21. The molecule has 104 valence electrons. The molecule has 0 amide bonds. The van der Waals surface area contributed by atoms with Crippen molar-refractivity contribution in [3.63, 3.8) is 0 Å². The third-order valence-corrected chi connectivity index (χ3v) is 3.11. The van der Waals surface area contributed by atoms with Crippen LogP contribution in [0.3, 0.4) is 0 Å². The summed E-state index contributed by atoms with van der Waals surface area (Å²) in [5, 5.41) is 3.52. The van der Waals surface area contributed by atoms with Crippen LogP contribution in [0.2, 0.25) is 0 Å². The Morgan fingerprint density at radius 2 is 2.00 bits per heavy atom. The molecule has 0 bridgehead atoms. The highest BCUT2D eigenvalue weighted by atomic mass is 16.5. The molecule has 3 heteroatoms. The van der Waals surface area contributed by atoms with Crippen LogP contribution in [0.15, 0.2) is 18.2 Å². The van der Waals surface area contributed by atoms with Gasteiger partial charge in [-0.2, -0.15) is 0 Å². The molecule has 0 saturated carbocycles. The molecule has 0 aliphatic heterocycles. The molecular formula is C16H23NO2. The normalized spacial score (nSPS) is 11.7. The molecule has 0 fully saturated rings. The highest BCUT2D eigenvalue weighted by molar-refractivity contribution is 5.43. The lowest BCUT2D eigenvalue weighted by molar-refractivity contribution is 0.353. The number of rotatable bonds is 8. The highest BCUT2D eigenvalue weighted by Crippen LogP contribution is 2.30. The van der Waals surface area contributed by atoms with Crippen molar-refractivity contribution < 1.29 is 9.47 Å². The van der Waals surface area contributed by atoms with E-state index in [0.717, 1.165) is 37.3 Å². The van der Waals surface area contributed by atoms with Crippen molar-refractivity contribution in [3.05, 3.63) is 23.8 Å². The quantitative estimate of drug-likeness (QED) is 0.576. The van der Waals surface area contributed by atoms with Gasteiger partial charge in [-0.3, -0.25) is 0 Å². The Morgan fingerprint density at radius 3 is 2.58 bits per heavy atom. The fourth-order valence-electron chi connectivity index (χ4n) is 2.03. The molecule has 1 N–H and O–H groups in total. The average Bonchev–Trinajstić information content (AvgIpc) is 2.46. The maximum Gasteiger partial charge on any atom is 0.161 e. The zero-order valence-electron chi connectivity index (χ0n) is 12.0. The molecule has 1 aromatic carbocycles. The highest BCUT2D eigenvalue weighted by Gasteiger charge is 2.11. The number of hydrogen-bond acceptors (Lipinski definition) is 3. The number of hydrogen-bond donors (Lipinski definition) is 1. The molecule has 1 aromatic rings. The maximum absolute atomic E-state index is 5.34. The van der Waals surface area contributed by atoms with Gasteiger partial charge >= 0.3 is 0 Å². The van der Waals surface area contributed by atoms with Gasteiger partial charge in [-0.25, -0.2) is 0 Å². The first-order chi connectivity index (χ1) is 9.26. The van der Waals surface area contributed by atoms with E-state index in [0.29, 0.717) is 6.04 Å². The standard InChI is InChI=1S/C16H23NO2/c1-5-7-8-11-17-14(6-2)13-9-10-15(18-3)16(12-13)19-4/h1,9-10,12,14,17H,6-8,11H2,2-4H3. The lowest BCUT2D eigenvalue weighted by atomic mass is 10.0. The number of nitrogens with one attached hydrogen (secondary N) is 1. The molecule has 0 aliphatic carbocycles. The largest absolute Gasteiger partial charge is 0.493 e. The van der Waals surface area contributed by atoms with E-state index in [1.54, 1.807) is 14.2 Å². The first-order valence-electron chi connectivity index (χ1n) is 6.65. The molecule has 1 unspecified atom stereocenters. The number of unbranched alkanes of at least 4 members (excludes halogenated alkanes) is 1. The summed E-state index contributed by atoms with van der Waals surface area (Å²) in [5.74, 6) is 4.18. The van der Waals surface area contributed by atoms with Crippen LogP contribution in [0, 0.1) is 12.3 Å². The number of ether oxygens (including phenoxy) is 2. The molecule has 3 nitrogen and oxygen atoms in total. The van der Waals surface area contributed by atoms with E-state index in [9.17, 15) is 0 Å².